The standard InChI is InChI=1S/C12H15NO3/c1-9-11(13-7-8-15-9)16-12(14)10-5-3-2-4-6-10/h2-6,9,11,13H,7-8H2,1H3. The highest BCUT2D eigenvalue weighted by Gasteiger charge is 2.25. The molecule has 1 aliphatic rings. The van der Waals surface area contributed by atoms with E-state index in [4.69, 9.17) is 9.47 Å². The minimum absolute atomic E-state index is 0.110. The van der Waals surface area contributed by atoms with E-state index in [9.17, 15) is 4.79 Å². The molecule has 0 radical (unpaired) electrons. The van der Waals surface area contributed by atoms with Crippen molar-refractivity contribution in [1.29, 1.82) is 0 Å². The fraction of sp³-hybridized carbons (Fsp3) is 0.417. The zero-order valence-electron chi connectivity index (χ0n) is 9.18. The fourth-order valence-corrected chi connectivity index (χ4v) is 1.59. The van der Waals surface area contributed by atoms with E-state index in [2.05, 4.69) is 5.32 Å². The Balaban J connectivity index is 1.96. The van der Waals surface area contributed by atoms with Gasteiger partial charge in [0.2, 0.25) is 0 Å². The van der Waals surface area contributed by atoms with Crippen LogP contribution in [0.2, 0.25) is 0 Å². The highest BCUT2D eigenvalue weighted by atomic mass is 16.6. The molecule has 0 amide bonds. The van der Waals surface area contributed by atoms with Crippen molar-refractivity contribution in [2.24, 2.45) is 0 Å². The van der Waals surface area contributed by atoms with Crippen LogP contribution in [-0.2, 0) is 9.47 Å². The maximum absolute atomic E-state index is 11.7. The molecule has 0 spiro atoms. The summed E-state index contributed by atoms with van der Waals surface area (Å²) in [4.78, 5) is 11.7. The lowest BCUT2D eigenvalue weighted by Crippen LogP contribution is -2.49. The molecule has 0 saturated carbocycles. The van der Waals surface area contributed by atoms with Crippen LogP contribution < -0.4 is 5.32 Å². The van der Waals surface area contributed by atoms with Crippen LogP contribution in [0.25, 0.3) is 0 Å². The average Bonchev–Trinajstić information content (AvgIpc) is 2.33. The first-order valence-electron chi connectivity index (χ1n) is 5.38. The number of hydrogen-bond acceptors (Lipinski definition) is 4. The molecular weight excluding hydrogens is 206 g/mol. The highest BCUT2D eigenvalue weighted by molar-refractivity contribution is 5.89. The average molecular weight is 221 g/mol. The Kier molecular flexibility index (Phi) is 3.54. The van der Waals surface area contributed by atoms with E-state index in [1.807, 2.05) is 25.1 Å². The fourth-order valence-electron chi connectivity index (χ4n) is 1.59. The molecule has 0 bridgehead atoms. The predicted molar refractivity (Wildman–Crippen MR) is 59.1 cm³/mol. The van der Waals surface area contributed by atoms with Crippen molar-refractivity contribution in [2.75, 3.05) is 13.2 Å². The third kappa shape index (κ3) is 2.59. The van der Waals surface area contributed by atoms with Gasteiger partial charge in [-0.1, -0.05) is 18.2 Å². The molecule has 1 heterocycles. The maximum atomic E-state index is 11.7. The highest BCUT2D eigenvalue weighted by Crippen LogP contribution is 2.09. The number of benzene rings is 1. The number of nitrogens with one attached hydrogen (secondary N) is 1. The first-order valence-corrected chi connectivity index (χ1v) is 5.38. The van der Waals surface area contributed by atoms with Gasteiger partial charge in [0, 0.05) is 6.54 Å². The van der Waals surface area contributed by atoms with E-state index in [1.165, 1.54) is 0 Å². The second-order valence-electron chi connectivity index (χ2n) is 3.72. The Morgan fingerprint density at radius 2 is 2.19 bits per heavy atom. The number of carbonyl (C=O) groups excluding carboxylic acids is 1. The van der Waals surface area contributed by atoms with Gasteiger partial charge in [-0.3, -0.25) is 5.32 Å². The van der Waals surface area contributed by atoms with Gasteiger partial charge in [0.25, 0.3) is 0 Å². The van der Waals surface area contributed by atoms with Crippen LogP contribution in [0, 0.1) is 0 Å². The van der Waals surface area contributed by atoms with Crippen LogP contribution >= 0.6 is 0 Å². The Labute approximate surface area is 94.6 Å². The summed E-state index contributed by atoms with van der Waals surface area (Å²) in [6.45, 7) is 3.24. The Bertz CT molecular complexity index is 353. The van der Waals surface area contributed by atoms with E-state index >= 15 is 0 Å². The Morgan fingerprint density at radius 1 is 1.44 bits per heavy atom. The van der Waals surface area contributed by atoms with E-state index in [0.717, 1.165) is 0 Å². The number of esters is 1. The molecule has 86 valence electrons. The number of rotatable bonds is 2. The van der Waals surface area contributed by atoms with Crippen molar-refractivity contribution >= 4 is 5.97 Å². The lowest BCUT2D eigenvalue weighted by Gasteiger charge is -2.29. The van der Waals surface area contributed by atoms with E-state index in [0.29, 0.717) is 18.7 Å². The first kappa shape index (κ1) is 11.1. The van der Waals surface area contributed by atoms with Gasteiger partial charge in [0.1, 0.15) is 6.10 Å². The topological polar surface area (TPSA) is 47.6 Å². The number of ether oxygens (including phenoxy) is 2. The minimum atomic E-state index is -0.360. The van der Waals surface area contributed by atoms with Gasteiger partial charge in [0.05, 0.1) is 12.2 Å². The Hall–Kier alpha value is -1.39. The third-order valence-corrected chi connectivity index (χ3v) is 2.50. The van der Waals surface area contributed by atoms with Gasteiger partial charge in [-0.2, -0.15) is 0 Å². The zero-order chi connectivity index (χ0) is 11.4. The number of morpholine rings is 1. The normalized spacial score (nSPS) is 25.1. The molecule has 2 atom stereocenters. The lowest BCUT2D eigenvalue weighted by atomic mass is 10.2. The van der Waals surface area contributed by atoms with Crippen LogP contribution in [0.3, 0.4) is 0 Å². The second-order valence-corrected chi connectivity index (χ2v) is 3.72. The van der Waals surface area contributed by atoms with Gasteiger partial charge >= 0.3 is 5.97 Å². The first-order chi connectivity index (χ1) is 7.77. The summed E-state index contributed by atoms with van der Waals surface area (Å²) in [6, 6.07) is 8.95. The molecule has 1 N–H and O–H groups in total. The summed E-state index contributed by atoms with van der Waals surface area (Å²) in [7, 11) is 0. The van der Waals surface area contributed by atoms with Crippen molar-refractivity contribution in [3.63, 3.8) is 0 Å². The van der Waals surface area contributed by atoms with Crippen molar-refractivity contribution in [3.05, 3.63) is 35.9 Å². The number of carbonyl (C=O) groups is 1. The summed E-state index contributed by atoms with van der Waals surface area (Å²) in [5.74, 6) is -0.324. The Morgan fingerprint density at radius 3 is 2.88 bits per heavy atom. The molecule has 1 aliphatic heterocycles. The minimum Gasteiger partial charge on any atom is -0.440 e. The largest absolute Gasteiger partial charge is 0.440 e. The van der Waals surface area contributed by atoms with Crippen LogP contribution in [0.1, 0.15) is 17.3 Å². The van der Waals surface area contributed by atoms with Gasteiger partial charge in [-0.15, -0.1) is 0 Å². The lowest BCUT2D eigenvalue weighted by molar-refractivity contribution is -0.0837. The quantitative estimate of drug-likeness (QED) is 0.762. The summed E-state index contributed by atoms with van der Waals surface area (Å²) < 4.78 is 10.7. The summed E-state index contributed by atoms with van der Waals surface area (Å²) in [6.07, 6.45) is -0.470. The zero-order valence-corrected chi connectivity index (χ0v) is 9.18. The molecule has 4 heteroatoms. The van der Waals surface area contributed by atoms with Crippen LogP contribution in [0.5, 0.6) is 0 Å². The summed E-state index contributed by atoms with van der Waals surface area (Å²) in [5.41, 5.74) is 0.557. The molecule has 1 aromatic carbocycles. The molecule has 0 aliphatic carbocycles. The third-order valence-electron chi connectivity index (χ3n) is 2.50. The van der Waals surface area contributed by atoms with Crippen molar-refractivity contribution < 1.29 is 14.3 Å². The van der Waals surface area contributed by atoms with Crippen molar-refractivity contribution in [1.82, 2.24) is 5.32 Å². The molecule has 2 unspecified atom stereocenters. The van der Waals surface area contributed by atoms with Gasteiger partial charge < -0.3 is 9.47 Å². The van der Waals surface area contributed by atoms with Crippen LogP contribution in [-0.4, -0.2) is 31.5 Å². The smallest absolute Gasteiger partial charge is 0.339 e. The maximum Gasteiger partial charge on any atom is 0.339 e. The van der Waals surface area contributed by atoms with Gasteiger partial charge in [0.15, 0.2) is 6.23 Å². The van der Waals surface area contributed by atoms with Crippen molar-refractivity contribution in [3.8, 4) is 0 Å². The van der Waals surface area contributed by atoms with Crippen molar-refractivity contribution in [2.45, 2.75) is 19.3 Å². The van der Waals surface area contributed by atoms with E-state index in [1.54, 1.807) is 12.1 Å². The molecule has 1 fully saturated rings. The molecule has 0 aromatic heterocycles. The summed E-state index contributed by atoms with van der Waals surface area (Å²) in [5, 5.41) is 3.10. The molecule has 1 saturated heterocycles. The van der Waals surface area contributed by atoms with Crippen LogP contribution in [0.15, 0.2) is 30.3 Å². The number of hydrogen-bond donors (Lipinski definition) is 1. The molecule has 4 nitrogen and oxygen atoms in total. The molecule has 1 aromatic rings. The summed E-state index contributed by atoms with van der Waals surface area (Å²) >= 11 is 0. The molecule has 16 heavy (non-hydrogen) atoms. The molecule has 2 rings (SSSR count). The van der Waals surface area contributed by atoms with Gasteiger partial charge in [-0.05, 0) is 19.1 Å². The van der Waals surface area contributed by atoms with Gasteiger partial charge in [-0.25, -0.2) is 4.79 Å². The van der Waals surface area contributed by atoms with Crippen LogP contribution in [0.4, 0.5) is 0 Å². The molecular formula is C12H15NO3. The second kappa shape index (κ2) is 5.09. The van der Waals surface area contributed by atoms with E-state index in [-0.39, 0.29) is 18.3 Å². The monoisotopic (exact) mass is 221 g/mol. The van der Waals surface area contributed by atoms with E-state index < -0.39 is 0 Å². The SMILES string of the molecule is CC1OCCNC1OC(=O)c1ccccc1. The predicted octanol–water partition coefficient (Wildman–Crippen LogP) is 1.18.